The number of imidazole rings is 1. The van der Waals surface area contributed by atoms with Crippen molar-refractivity contribution in [2.45, 2.75) is 32.6 Å². The van der Waals surface area contributed by atoms with Crippen molar-refractivity contribution in [3.8, 4) is 0 Å². The molecule has 0 unspecified atom stereocenters. The molecule has 2 heterocycles. The third kappa shape index (κ3) is 3.52. The lowest BCUT2D eigenvalue weighted by atomic mass is 10.1. The number of hydrogen-bond acceptors (Lipinski definition) is 3. The molecule has 1 aromatic carbocycles. The molecule has 1 saturated carbocycles. The summed E-state index contributed by atoms with van der Waals surface area (Å²) in [7, 11) is 0. The third-order valence-corrected chi connectivity index (χ3v) is 5.11. The number of aromatic amines is 1. The Hall–Kier alpha value is -2.37. The van der Waals surface area contributed by atoms with Gasteiger partial charge in [-0.2, -0.15) is 0 Å². The number of rotatable bonds is 3. The fraction of sp³-hybridized carbons (Fsp3) is 0.526. The first-order valence-corrected chi connectivity index (χ1v) is 9.12. The maximum Gasteiger partial charge on any atom is 0.227 e. The van der Waals surface area contributed by atoms with Crippen molar-refractivity contribution >= 4 is 22.8 Å². The molecule has 1 aliphatic heterocycles. The predicted molar refractivity (Wildman–Crippen MR) is 95.0 cm³/mol. The lowest BCUT2D eigenvalue weighted by Gasteiger charge is -2.22. The maximum absolute atomic E-state index is 12.7. The number of nitrogens with one attached hydrogen (secondary N) is 1. The van der Waals surface area contributed by atoms with E-state index in [0.29, 0.717) is 19.5 Å². The zero-order valence-corrected chi connectivity index (χ0v) is 14.6. The first-order valence-electron chi connectivity index (χ1n) is 9.12. The smallest absolute Gasteiger partial charge is 0.227 e. The number of carbonyl (C=O) groups is 2. The third-order valence-electron chi connectivity index (χ3n) is 5.11. The summed E-state index contributed by atoms with van der Waals surface area (Å²) in [6.07, 6.45) is 3.33. The highest BCUT2D eigenvalue weighted by Crippen LogP contribution is 2.31. The molecule has 0 radical (unpaired) electrons. The van der Waals surface area contributed by atoms with E-state index < -0.39 is 0 Å². The fourth-order valence-corrected chi connectivity index (χ4v) is 3.56. The van der Waals surface area contributed by atoms with Crippen molar-refractivity contribution in [1.29, 1.82) is 0 Å². The molecule has 1 saturated heterocycles. The van der Waals surface area contributed by atoms with Gasteiger partial charge in [0.1, 0.15) is 5.82 Å². The van der Waals surface area contributed by atoms with E-state index in [2.05, 4.69) is 9.97 Å². The fourth-order valence-electron chi connectivity index (χ4n) is 3.56. The molecule has 1 aliphatic carbocycles. The van der Waals surface area contributed by atoms with Gasteiger partial charge in [-0.3, -0.25) is 9.59 Å². The highest BCUT2D eigenvalue weighted by atomic mass is 16.2. The van der Waals surface area contributed by atoms with E-state index in [9.17, 15) is 9.59 Å². The predicted octanol–water partition coefficient (Wildman–Crippen LogP) is 1.88. The Morgan fingerprint density at radius 1 is 1.16 bits per heavy atom. The van der Waals surface area contributed by atoms with Crippen LogP contribution >= 0.6 is 0 Å². The molecule has 0 bridgehead atoms. The van der Waals surface area contributed by atoms with Gasteiger partial charge in [0, 0.05) is 32.1 Å². The molecular weight excluding hydrogens is 316 g/mol. The van der Waals surface area contributed by atoms with Crippen LogP contribution in [0, 0.1) is 12.8 Å². The summed E-state index contributed by atoms with van der Waals surface area (Å²) in [5.74, 6) is 1.56. The first-order chi connectivity index (χ1) is 12.1. The monoisotopic (exact) mass is 340 g/mol. The average molecular weight is 340 g/mol. The molecule has 0 atom stereocenters. The summed E-state index contributed by atoms with van der Waals surface area (Å²) < 4.78 is 0. The number of H-pyrrole nitrogens is 1. The van der Waals surface area contributed by atoms with Crippen molar-refractivity contribution in [3.63, 3.8) is 0 Å². The largest absolute Gasteiger partial charge is 0.342 e. The van der Waals surface area contributed by atoms with Gasteiger partial charge < -0.3 is 14.8 Å². The van der Waals surface area contributed by atoms with E-state index in [1.165, 1.54) is 0 Å². The molecule has 4 rings (SSSR count). The van der Waals surface area contributed by atoms with Crippen LogP contribution in [-0.2, 0) is 16.0 Å². The second-order valence-electron chi connectivity index (χ2n) is 7.18. The van der Waals surface area contributed by atoms with Crippen molar-refractivity contribution in [3.05, 3.63) is 29.6 Å². The van der Waals surface area contributed by atoms with Gasteiger partial charge in [-0.15, -0.1) is 0 Å². The number of fused-ring (bicyclic) bond motifs is 1. The molecule has 2 aliphatic rings. The number of nitrogens with zero attached hydrogens (tertiary/aromatic N) is 3. The molecule has 132 valence electrons. The first kappa shape index (κ1) is 16.1. The topological polar surface area (TPSA) is 69.3 Å². The lowest BCUT2D eigenvalue weighted by Crippen LogP contribution is -2.38. The minimum Gasteiger partial charge on any atom is -0.342 e. The zero-order chi connectivity index (χ0) is 17.4. The number of aryl methyl sites for hydroxylation is 1. The molecular formula is C19H24N4O2. The molecule has 2 aromatic rings. The molecule has 2 amide bonds. The number of amides is 2. The van der Waals surface area contributed by atoms with Crippen LogP contribution < -0.4 is 0 Å². The van der Waals surface area contributed by atoms with Crippen molar-refractivity contribution in [1.82, 2.24) is 19.8 Å². The van der Waals surface area contributed by atoms with Gasteiger partial charge in [-0.1, -0.05) is 6.07 Å². The molecule has 2 fully saturated rings. The van der Waals surface area contributed by atoms with E-state index in [-0.39, 0.29) is 17.7 Å². The summed E-state index contributed by atoms with van der Waals surface area (Å²) in [6, 6.07) is 5.94. The Balaban J connectivity index is 1.38. The van der Waals surface area contributed by atoms with E-state index in [1.54, 1.807) is 0 Å². The van der Waals surface area contributed by atoms with E-state index >= 15 is 0 Å². The quantitative estimate of drug-likeness (QED) is 0.927. The molecule has 6 heteroatoms. The number of aromatic nitrogens is 2. The Morgan fingerprint density at radius 3 is 2.72 bits per heavy atom. The van der Waals surface area contributed by atoms with Gasteiger partial charge >= 0.3 is 0 Å². The van der Waals surface area contributed by atoms with Gasteiger partial charge in [0.15, 0.2) is 0 Å². The van der Waals surface area contributed by atoms with Crippen LogP contribution in [0.3, 0.4) is 0 Å². The Bertz CT molecular complexity index is 809. The Morgan fingerprint density at radius 2 is 1.92 bits per heavy atom. The summed E-state index contributed by atoms with van der Waals surface area (Å²) in [4.78, 5) is 36.4. The number of carbonyl (C=O) groups excluding carboxylic acids is 2. The summed E-state index contributed by atoms with van der Waals surface area (Å²) in [6.45, 7) is 4.75. The van der Waals surface area contributed by atoms with Gasteiger partial charge in [0.05, 0.1) is 17.5 Å². The van der Waals surface area contributed by atoms with Crippen LogP contribution in [0.25, 0.3) is 11.0 Å². The number of hydrogen-bond donors (Lipinski definition) is 1. The number of benzene rings is 1. The summed E-state index contributed by atoms with van der Waals surface area (Å²) in [5, 5.41) is 0. The maximum atomic E-state index is 12.7. The Kier molecular flexibility index (Phi) is 4.19. The van der Waals surface area contributed by atoms with Crippen molar-refractivity contribution in [2.24, 2.45) is 5.92 Å². The van der Waals surface area contributed by atoms with Crippen molar-refractivity contribution < 1.29 is 9.59 Å². The van der Waals surface area contributed by atoms with E-state index in [1.807, 2.05) is 34.9 Å². The highest BCUT2D eigenvalue weighted by molar-refractivity contribution is 5.83. The summed E-state index contributed by atoms with van der Waals surface area (Å²) in [5.41, 5.74) is 2.90. The van der Waals surface area contributed by atoms with Crippen LogP contribution in [0.15, 0.2) is 18.2 Å². The summed E-state index contributed by atoms with van der Waals surface area (Å²) >= 11 is 0. The van der Waals surface area contributed by atoms with E-state index in [4.69, 9.17) is 0 Å². The second-order valence-corrected chi connectivity index (χ2v) is 7.18. The minimum absolute atomic E-state index is 0.135. The van der Waals surface area contributed by atoms with Crippen LogP contribution in [0.2, 0.25) is 0 Å². The minimum atomic E-state index is 0.135. The van der Waals surface area contributed by atoms with Crippen LogP contribution in [0.1, 0.15) is 30.7 Å². The standard InChI is InChI=1S/C19H24N4O2/c1-13-20-16-6-3-14(11-17(16)21-13)12-18(24)22-7-2-8-23(10-9-22)19(25)15-4-5-15/h3,6,11,15H,2,4-5,7-10,12H2,1H3,(H,20,21). The van der Waals surface area contributed by atoms with Crippen LogP contribution in [0.5, 0.6) is 0 Å². The zero-order valence-electron chi connectivity index (χ0n) is 14.6. The van der Waals surface area contributed by atoms with Crippen LogP contribution in [-0.4, -0.2) is 57.8 Å². The molecule has 1 N–H and O–H groups in total. The van der Waals surface area contributed by atoms with Crippen molar-refractivity contribution in [2.75, 3.05) is 26.2 Å². The van der Waals surface area contributed by atoms with Gasteiger partial charge in [-0.25, -0.2) is 4.98 Å². The highest BCUT2D eigenvalue weighted by Gasteiger charge is 2.34. The average Bonchev–Trinajstić information content (AvgIpc) is 3.39. The Labute approximate surface area is 147 Å². The van der Waals surface area contributed by atoms with Crippen LogP contribution in [0.4, 0.5) is 0 Å². The van der Waals surface area contributed by atoms with Gasteiger partial charge in [0.25, 0.3) is 0 Å². The molecule has 1 aromatic heterocycles. The molecule has 6 nitrogen and oxygen atoms in total. The lowest BCUT2D eigenvalue weighted by molar-refractivity contribution is -0.134. The normalized spacial score (nSPS) is 18.4. The van der Waals surface area contributed by atoms with E-state index in [0.717, 1.165) is 54.8 Å². The molecule has 25 heavy (non-hydrogen) atoms. The SMILES string of the molecule is Cc1nc2ccc(CC(=O)N3CCCN(C(=O)C4CC4)CC3)cc2[nH]1. The molecule has 0 spiro atoms. The van der Waals surface area contributed by atoms with Gasteiger partial charge in [0.2, 0.25) is 11.8 Å². The second kappa shape index (κ2) is 6.50. The van der Waals surface area contributed by atoms with Gasteiger partial charge in [-0.05, 0) is 43.9 Å².